The number of nitrogens with one attached hydrogen (secondary N) is 2. The second-order valence-corrected chi connectivity index (χ2v) is 11.1. The maximum Gasteiger partial charge on any atom is 0.407 e. The summed E-state index contributed by atoms with van der Waals surface area (Å²) in [6, 6.07) is 25.0. The Morgan fingerprint density at radius 2 is 1.60 bits per heavy atom. The van der Waals surface area contributed by atoms with Gasteiger partial charge in [0, 0.05) is 25.6 Å². The molecule has 2 atom stereocenters. The number of nitrogens with zero attached hydrogens (tertiary/aromatic N) is 1. The highest BCUT2D eigenvalue weighted by Gasteiger charge is 2.35. The van der Waals surface area contributed by atoms with E-state index in [0.717, 1.165) is 48.3 Å². The van der Waals surface area contributed by atoms with Gasteiger partial charge in [-0.1, -0.05) is 85.8 Å². The summed E-state index contributed by atoms with van der Waals surface area (Å²) in [6.45, 7) is 5.15. The Kier molecular flexibility index (Phi) is 8.16. The number of carboxylic acids is 1. The van der Waals surface area contributed by atoms with E-state index in [4.69, 9.17) is 4.74 Å². The molecule has 8 nitrogen and oxygen atoms in total. The minimum atomic E-state index is -1.24. The molecule has 1 aliphatic heterocycles. The number of likely N-dealkylation sites (tertiary alicyclic amines) is 1. The number of carboxylic acid groups (broad SMARTS) is 1. The van der Waals surface area contributed by atoms with Crippen LogP contribution < -0.4 is 10.6 Å². The fourth-order valence-corrected chi connectivity index (χ4v) is 5.84. The van der Waals surface area contributed by atoms with Gasteiger partial charge in [-0.3, -0.25) is 14.5 Å². The molecule has 5 rings (SSSR count). The largest absolute Gasteiger partial charge is 0.481 e. The number of rotatable bonds is 10. The summed E-state index contributed by atoms with van der Waals surface area (Å²) in [7, 11) is 0. The topological polar surface area (TPSA) is 108 Å². The highest BCUT2D eigenvalue weighted by atomic mass is 16.5. The van der Waals surface area contributed by atoms with Gasteiger partial charge in [0.1, 0.15) is 12.6 Å². The lowest BCUT2D eigenvalue weighted by molar-refractivity contribution is -0.139. The molecule has 3 aromatic rings. The Morgan fingerprint density at radius 3 is 2.25 bits per heavy atom. The van der Waals surface area contributed by atoms with Gasteiger partial charge in [-0.25, -0.2) is 4.79 Å². The summed E-state index contributed by atoms with van der Waals surface area (Å²) >= 11 is 0. The lowest BCUT2D eigenvalue weighted by Gasteiger charge is -2.26. The van der Waals surface area contributed by atoms with E-state index in [1.54, 1.807) is 0 Å². The molecule has 3 aromatic carbocycles. The number of carbonyl (C=O) groups is 3. The predicted molar refractivity (Wildman–Crippen MR) is 152 cm³/mol. The minimum Gasteiger partial charge on any atom is -0.481 e. The molecule has 1 heterocycles. The Morgan fingerprint density at radius 1 is 0.975 bits per heavy atom. The molecular weight excluding hydrogens is 506 g/mol. The van der Waals surface area contributed by atoms with Crippen LogP contribution in [0.4, 0.5) is 4.79 Å². The molecule has 2 amide bonds. The number of alkyl carbamates (subject to hydrolysis) is 1. The van der Waals surface area contributed by atoms with Crippen molar-refractivity contribution in [3.8, 4) is 11.1 Å². The highest BCUT2D eigenvalue weighted by Crippen LogP contribution is 2.44. The minimum absolute atomic E-state index is 0.0800. The van der Waals surface area contributed by atoms with Crippen molar-refractivity contribution in [3.63, 3.8) is 0 Å². The zero-order chi connectivity index (χ0) is 28.1. The molecule has 1 saturated heterocycles. The summed E-state index contributed by atoms with van der Waals surface area (Å²) in [4.78, 5) is 39.6. The van der Waals surface area contributed by atoms with Crippen LogP contribution >= 0.6 is 0 Å². The molecule has 1 aliphatic carbocycles. The van der Waals surface area contributed by atoms with Gasteiger partial charge in [0.2, 0.25) is 5.91 Å². The first-order valence-corrected chi connectivity index (χ1v) is 13.7. The number of carbonyl (C=O) groups excluding carboxylic acids is 2. The van der Waals surface area contributed by atoms with Crippen LogP contribution in [0.2, 0.25) is 0 Å². The maximum absolute atomic E-state index is 13.0. The van der Waals surface area contributed by atoms with Crippen molar-refractivity contribution in [2.75, 3.05) is 26.2 Å². The van der Waals surface area contributed by atoms with E-state index in [1.165, 1.54) is 5.56 Å². The first-order chi connectivity index (χ1) is 19.3. The lowest BCUT2D eigenvalue weighted by Crippen LogP contribution is -2.50. The third-order valence-electron chi connectivity index (χ3n) is 7.91. The van der Waals surface area contributed by atoms with Gasteiger partial charge in [-0.05, 0) is 46.2 Å². The van der Waals surface area contributed by atoms with Crippen LogP contribution in [-0.2, 0) is 20.9 Å². The van der Waals surface area contributed by atoms with E-state index in [-0.39, 0.29) is 17.9 Å². The molecule has 2 unspecified atom stereocenters. The van der Waals surface area contributed by atoms with Gasteiger partial charge in [0.25, 0.3) is 0 Å². The molecule has 0 spiro atoms. The first-order valence-electron chi connectivity index (χ1n) is 13.7. The summed E-state index contributed by atoms with van der Waals surface area (Å²) in [5, 5.41) is 14.8. The third kappa shape index (κ3) is 6.34. The molecule has 208 valence electrons. The Labute approximate surface area is 234 Å². The molecule has 2 aliphatic rings. The normalized spacial score (nSPS) is 18.9. The second-order valence-electron chi connectivity index (χ2n) is 11.1. The SMILES string of the molecule is CC1(CNC(=O)C(CC(=O)O)NC(=O)OCC2c3ccccc3-c3ccccc32)CCN(Cc2ccccc2)C1. The number of hydrogen-bond acceptors (Lipinski definition) is 5. The maximum atomic E-state index is 13.0. The molecule has 1 fully saturated rings. The fourth-order valence-electron chi connectivity index (χ4n) is 5.84. The molecule has 0 radical (unpaired) electrons. The zero-order valence-corrected chi connectivity index (χ0v) is 22.6. The van der Waals surface area contributed by atoms with Crippen molar-refractivity contribution in [2.24, 2.45) is 5.41 Å². The summed E-state index contributed by atoms with van der Waals surface area (Å²) in [5.41, 5.74) is 5.45. The van der Waals surface area contributed by atoms with Crippen LogP contribution in [-0.4, -0.2) is 60.3 Å². The van der Waals surface area contributed by atoms with Crippen molar-refractivity contribution in [3.05, 3.63) is 95.6 Å². The number of fused-ring (bicyclic) bond motifs is 3. The van der Waals surface area contributed by atoms with Gasteiger partial charge in [-0.2, -0.15) is 0 Å². The van der Waals surface area contributed by atoms with E-state index in [2.05, 4.69) is 34.6 Å². The lowest BCUT2D eigenvalue weighted by atomic mass is 9.89. The van der Waals surface area contributed by atoms with E-state index in [1.807, 2.05) is 66.7 Å². The van der Waals surface area contributed by atoms with Crippen LogP contribution in [0.3, 0.4) is 0 Å². The molecule has 0 aromatic heterocycles. The predicted octanol–water partition coefficient (Wildman–Crippen LogP) is 4.40. The Balaban J connectivity index is 1.15. The average molecular weight is 542 g/mol. The standard InChI is InChI=1S/C32H35N3O5/c1-32(15-16-35(21-32)18-22-9-3-2-4-10-22)20-33-30(38)28(17-29(36)37)34-31(39)40-19-27-25-13-7-5-11-23(25)24-12-6-8-14-26(24)27/h2-14,27-28H,15-21H2,1H3,(H,33,38)(H,34,39)(H,36,37). The fraction of sp³-hybridized carbons (Fsp3) is 0.344. The number of ether oxygens (including phenoxy) is 1. The third-order valence-corrected chi connectivity index (χ3v) is 7.91. The van der Waals surface area contributed by atoms with Crippen LogP contribution in [0, 0.1) is 5.41 Å². The number of hydrogen-bond donors (Lipinski definition) is 3. The molecule has 8 heteroatoms. The van der Waals surface area contributed by atoms with E-state index >= 15 is 0 Å². The van der Waals surface area contributed by atoms with Gasteiger partial charge in [0.05, 0.1) is 6.42 Å². The van der Waals surface area contributed by atoms with Crippen molar-refractivity contribution in [1.82, 2.24) is 15.5 Å². The monoisotopic (exact) mass is 541 g/mol. The summed E-state index contributed by atoms with van der Waals surface area (Å²) < 4.78 is 5.54. The van der Waals surface area contributed by atoms with Crippen molar-refractivity contribution < 1.29 is 24.2 Å². The molecule has 40 heavy (non-hydrogen) atoms. The summed E-state index contributed by atoms with van der Waals surface area (Å²) in [6.07, 6.45) is -0.444. The average Bonchev–Trinajstić information content (AvgIpc) is 3.48. The quantitative estimate of drug-likeness (QED) is 0.351. The molecule has 0 bridgehead atoms. The zero-order valence-electron chi connectivity index (χ0n) is 22.6. The van der Waals surface area contributed by atoms with E-state index in [9.17, 15) is 19.5 Å². The molecule has 3 N–H and O–H groups in total. The number of aliphatic carboxylic acids is 1. The Hall–Kier alpha value is -4.17. The molecule has 0 saturated carbocycles. The number of amides is 2. The van der Waals surface area contributed by atoms with Crippen molar-refractivity contribution in [1.29, 1.82) is 0 Å². The Bertz CT molecular complexity index is 1330. The van der Waals surface area contributed by atoms with Gasteiger partial charge in [-0.15, -0.1) is 0 Å². The number of benzene rings is 3. The summed E-state index contributed by atoms with van der Waals surface area (Å²) in [5.74, 6) is -1.84. The molecular formula is C32H35N3O5. The first kappa shape index (κ1) is 27.4. The van der Waals surface area contributed by atoms with Crippen LogP contribution in [0.1, 0.15) is 42.4 Å². The van der Waals surface area contributed by atoms with Crippen LogP contribution in [0.15, 0.2) is 78.9 Å². The van der Waals surface area contributed by atoms with E-state index in [0.29, 0.717) is 6.54 Å². The van der Waals surface area contributed by atoms with Gasteiger partial charge < -0.3 is 20.5 Å². The van der Waals surface area contributed by atoms with Crippen LogP contribution in [0.25, 0.3) is 11.1 Å². The van der Waals surface area contributed by atoms with Crippen molar-refractivity contribution >= 4 is 18.0 Å². The van der Waals surface area contributed by atoms with Gasteiger partial charge in [0.15, 0.2) is 0 Å². The van der Waals surface area contributed by atoms with E-state index < -0.39 is 30.4 Å². The van der Waals surface area contributed by atoms with Crippen LogP contribution in [0.5, 0.6) is 0 Å². The second kappa shape index (κ2) is 11.9. The smallest absolute Gasteiger partial charge is 0.407 e. The highest BCUT2D eigenvalue weighted by molar-refractivity contribution is 5.89. The van der Waals surface area contributed by atoms with Gasteiger partial charge >= 0.3 is 12.1 Å². The van der Waals surface area contributed by atoms with Crippen molar-refractivity contribution in [2.45, 2.75) is 38.3 Å².